The zero-order valence-corrected chi connectivity index (χ0v) is 23.8. The Morgan fingerprint density at radius 3 is 2.62 bits per heavy atom. The zero-order chi connectivity index (χ0) is 28.3. The Labute approximate surface area is 235 Å². The summed E-state index contributed by atoms with van der Waals surface area (Å²) in [5, 5.41) is 3.68. The molecule has 2 bridgehead atoms. The van der Waals surface area contributed by atoms with E-state index in [0.717, 1.165) is 23.9 Å². The second-order valence-corrected chi connectivity index (χ2v) is 12.8. The Kier molecular flexibility index (Phi) is 6.47. The Morgan fingerprint density at radius 1 is 1.20 bits per heavy atom. The lowest BCUT2D eigenvalue weighted by molar-refractivity contribution is 0.0122. The van der Waals surface area contributed by atoms with Crippen molar-refractivity contribution in [1.82, 2.24) is 20.2 Å². The summed E-state index contributed by atoms with van der Waals surface area (Å²) in [5.74, 6) is -0.0378. The summed E-state index contributed by atoms with van der Waals surface area (Å²) in [5.41, 5.74) is 7.24. The number of pyridine rings is 2. The van der Waals surface area contributed by atoms with Crippen molar-refractivity contribution >= 4 is 45.1 Å². The molecule has 0 aliphatic carbocycles. The minimum Gasteiger partial charge on any atom is -0.491 e. The van der Waals surface area contributed by atoms with Gasteiger partial charge in [-0.15, -0.1) is 11.3 Å². The van der Waals surface area contributed by atoms with Gasteiger partial charge in [0.2, 0.25) is 5.95 Å². The van der Waals surface area contributed by atoms with Crippen LogP contribution in [0.1, 0.15) is 54.5 Å². The molecule has 3 aromatic heterocycles. The number of aryl methyl sites for hydroxylation is 1. The standard InChI is InChI=1S/C28H33FN6O4S/c1-14-5-8-18-22(30)23(40-26(18)31-14)25(36)32-15-9-19-20(38-13-15)10-21(33-24(19)29)34-11-16-6-7-17(12-34)35(16)27(37)39-28(2,3)4/h5,8,10,15-17H,6-7,9,11-13,30H2,1-4H3,(H,32,36). The van der Waals surface area contributed by atoms with Gasteiger partial charge in [0, 0.05) is 36.7 Å². The Morgan fingerprint density at radius 2 is 1.93 bits per heavy atom. The molecule has 3 unspecified atom stereocenters. The number of carbonyl (C=O) groups excluding carboxylic acids is 2. The first-order chi connectivity index (χ1) is 19.0. The molecule has 0 spiro atoms. The molecule has 3 N–H and O–H groups in total. The molecule has 3 aromatic rings. The average Bonchev–Trinajstić information content (AvgIpc) is 3.35. The maximum absolute atomic E-state index is 15.3. The number of nitrogens with zero attached hydrogens (tertiary/aromatic N) is 4. The molecule has 212 valence electrons. The molecule has 2 saturated heterocycles. The number of nitrogens with two attached hydrogens (primary N) is 1. The van der Waals surface area contributed by atoms with Crippen molar-refractivity contribution in [3.05, 3.63) is 40.3 Å². The zero-order valence-electron chi connectivity index (χ0n) is 23.0. The first-order valence-electron chi connectivity index (χ1n) is 13.5. The highest BCUT2D eigenvalue weighted by atomic mass is 32.1. The van der Waals surface area contributed by atoms with Crippen LogP contribution >= 0.6 is 11.3 Å². The third-order valence-electron chi connectivity index (χ3n) is 7.59. The number of nitrogens with one attached hydrogen (secondary N) is 1. The van der Waals surface area contributed by atoms with Crippen LogP contribution in [0, 0.1) is 12.9 Å². The van der Waals surface area contributed by atoms with Crippen molar-refractivity contribution < 1.29 is 23.5 Å². The van der Waals surface area contributed by atoms with E-state index in [1.807, 2.05) is 49.6 Å². The molecular formula is C28H33FN6O4S. The maximum Gasteiger partial charge on any atom is 0.410 e. The van der Waals surface area contributed by atoms with E-state index in [9.17, 15) is 9.59 Å². The van der Waals surface area contributed by atoms with Crippen LogP contribution in [0.3, 0.4) is 0 Å². The smallest absolute Gasteiger partial charge is 0.410 e. The van der Waals surface area contributed by atoms with Gasteiger partial charge in [-0.25, -0.2) is 14.8 Å². The van der Waals surface area contributed by atoms with E-state index in [2.05, 4.69) is 15.3 Å². The third-order valence-corrected chi connectivity index (χ3v) is 8.71. The van der Waals surface area contributed by atoms with Gasteiger partial charge in [-0.05, 0) is 52.7 Å². The normalized spacial score (nSPS) is 22.2. The minimum absolute atomic E-state index is 0.0181. The number of fused-ring (bicyclic) bond motifs is 4. The quantitative estimate of drug-likeness (QED) is 0.454. The second-order valence-electron chi connectivity index (χ2n) is 11.8. The van der Waals surface area contributed by atoms with Crippen molar-refractivity contribution in [2.45, 2.75) is 70.7 Å². The van der Waals surface area contributed by atoms with Gasteiger partial charge in [-0.3, -0.25) is 9.69 Å². The van der Waals surface area contributed by atoms with Gasteiger partial charge in [0.25, 0.3) is 5.91 Å². The highest BCUT2D eigenvalue weighted by molar-refractivity contribution is 7.21. The van der Waals surface area contributed by atoms with Crippen molar-refractivity contribution in [3.8, 4) is 5.75 Å². The molecule has 2 amide bonds. The second kappa shape index (κ2) is 9.76. The fraction of sp³-hybridized carbons (Fsp3) is 0.500. The van der Waals surface area contributed by atoms with Crippen LogP contribution in [0.25, 0.3) is 10.2 Å². The number of hydrogen-bond donors (Lipinski definition) is 2. The fourth-order valence-electron chi connectivity index (χ4n) is 5.78. The van der Waals surface area contributed by atoms with E-state index in [0.29, 0.717) is 45.6 Å². The number of thiophene rings is 1. The maximum atomic E-state index is 15.3. The molecule has 0 radical (unpaired) electrons. The molecule has 6 rings (SSSR count). The highest BCUT2D eigenvalue weighted by Gasteiger charge is 2.45. The van der Waals surface area contributed by atoms with E-state index >= 15 is 4.39 Å². The summed E-state index contributed by atoms with van der Waals surface area (Å²) < 4.78 is 26.9. The van der Waals surface area contributed by atoms with Crippen LogP contribution < -0.4 is 20.7 Å². The number of piperazine rings is 1. The third kappa shape index (κ3) is 4.89. The molecule has 3 aliphatic rings. The molecule has 6 heterocycles. The van der Waals surface area contributed by atoms with Crippen molar-refractivity contribution in [3.63, 3.8) is 0 Å². The highest BCUT2D eigenvalue weighted by Crippen LogP contribution is 2.37. The molecule has 3 aliphatic heterocycles. The van der Waals surface area contributed by atoms with Gasteiger partial charge in [0.15, 0.2) is 0 Å². The first-order valence-corrected chi connectivity index (χ1v) is 14.3. The van der Waals surface area contributed by atoms with Gasteiger partial charge in [-0.2, -0.15) is 4.39 Å². The van der Waals surface area contributed by atoms with Crippen molar-refractivity contribution in [2.24, 2.45) is 0 Å². The van der Waals surface area contributed by atoms with Crippen LogP contribution in [-0.2, 0) is 11.2 Å². The van der Waals surface area contributed by atoms with E-state index < -0.39 is 17.6 Å². The number of anilines is 2. The largest absolute Gasteiger partial charge is 0.491 e. The molecular weight excluding hydrogens is 535 g/mol. The molecule has 10 nitrogen and oxygen atoms in total. The lowest BCUT2D eigenvalue weighted by atomic mass is 10.0. The lowest BCUT2D eigenvalue weighted by Gasteiger charge is -2.42. The summed E-state index contributed by atoms with van der Waals surface area (Å²) in [4.78, 5) is 39.5. The van der Waals surface area contributed by atoms with Crippen molar-refractivity contribution in [1.29, 1.82) is 0 Å². The Balaban J connectivity index is 1.14. The van der Waals surface area contributed by atoms with E-state index in [-0.39, 0.29) is 37.1 Å². The van der Waals surface area contributed by atoms with E-state index in [1.54, 1.807) is 6.07 Å². The minimum atomic E-state index is -0.616. The molecule has 2 fully saturated rings. The fourth-order valence-corrected chi connectivity index (χ4v) is 6.82. The number of hydrogen-bond acceptors (Lipinski definition) is 9. The SMILES string of the molecule is Cc1ccc2c(N)c(C(=O)NC3COc4cc(N5CC6CCC(C5)N6C(=O)OC(C)(C)C)nc(F)c4C3)sc2n1. The number of ether oxygens (including phenoxy) is 2. The summed E-state index contributed by atoms with van der Waals surface area (Å²) in [6.45, 7) is 8.74. The van der Waals surface area contributed by atoms with Gasteiger partial charge in [-0.1, -0.05) is 0 Å². The summed E-state index contributed by atoms with van der Waals surface area (Å²) in [6.07, 6.45) is 1.68. The topological polar surface area (TPSA) is 123 Å². The summed E-state index contributed by atoms with van der Waals surface area (Å²) in [7, 11) is 0. The van der Waals surface area contributed by atoms with E-state index in [4.69, 9.17) is 15.2 Å². The number of carbonyl (C=O) groups is 2. The van der Waals surface area contributed by atoms with Crippen LogP contribution in [0.4, 0.5) is 20.7 Å². The van der Waals surface area contributed by atoms with Crippen LogP contribution in [0.15, 0.2) is 18.2 Å². The number of nitrogen functional groups attached to an aromatic ring is 1. The van der Waals surface area contributed by atoms with Gasteiger partial charge in [0.1, 0.15) is 33.5 Å². The Bertz CT molecular complexity index is 1490. The van der Waals surface area contributed by atoms with Gasteiger partial charge >= 0.3 is 6.09 Å². The number of amides is 2. The summed E-state index contributed by atoms with van der Waals surface area (Å²) >= 11 is 1.24. The molecule has 12 heteroatoms. The van der Waals surface area contributed by atoms with Crippen molar-refractivity contribution in [2.75, 3.05) is 30.3 Å². The monoisotopic (exact) mass is 568 g/mol. The van der Waals surface area contributed by atoms with Crippen LogP contribution in [-0.4, -0.2) is 70.3 Å². The van der Waals surface area contributed by atoms with Gasteiger partial charge in [0.05, 0.1) is 29.4 Å². The van der Waals surface area contributed by atoms with Crippen LogP contribution in [0.2, 0.25) is 0 Å². The van der Waals surface area contributed by atoms with Gasteiger partial charge < -0.3 is 25.4 Å². The number of aromatic nitrogens is 2. The van der Waals surface area contributed by atoms with E-state index in [1.165, 1.54) is 11.3 Å². The molecule has 0 aromatic carbocycles. The number of halogens is 1. The Hall–Kier alpha value is -3.67. The van der Waals surface area contributed by atoms with Crippen LogP contribution in [0.5, 0.6) is 5.75 Å². The average molecular weight is 569 g/mol. The first kappa shape index (κ1) is 26.5. The lowest BCUT2D eigenvalue weighted by Crippen LogP contribution is -2.57. The number of rotatable bonds is 3. The molecule has 0 saturated carbocycles. The molecule has 40 heavy (non-hydrogen) atoms. The predicted molar refractivity (Wildman–Crippen MR) is 151 cm³/mol. The summed E-state index contributed by atoms with van der Waals surface area (Å²) in [6, 6.07) is 5.01. The predicted octanol–water partition coefficient (Wildman–Crippen LogP) is 4.04. The molecule has 3 atom stereocenters.